The number of nitrogens with zero attached hydrogens (tertiary/aromatic N) is 3. The van der Waals surface area contributed by atoms with Crippen molar-refractivity contribution in [1.29, 1.82) is 0 Å². The smallest absolute Gasteiger partial charge is 0.279 e. The highest BCUT2D eigenvalue weighted by molar-refractivity contribution is 7.87. The molecule has 2 fully saturated rings. The number of hydrogen-bond acceptors (Lipinski definition) is 4. The molecule has 0 bridgehead atoms. The molecule has 6 nitrogen and oxygen atoms in total. The highest BCUT2D eigenvalue weighted by Gasteiger charge is 2.26. The van der Waals surface area contributed by atoms with Crippen LogP contribution in [0.2, 0.25) is 0 Å². The maximum absolute atomic E-state index is 12.4. The Morgan fingerprint density at radius 2 is 2.00 bits per heavy atom. The second-order valence-electron chi connectivity index (χ2n) is 6.65. The van der Waals surface area contributed by atoms with Crippen molar-refractivity contribution >= 4 is 16.0 Å². The van der Waals surface area contributed by atoms with Gasteiger partial charge in [-0.15, -0.1) is 0 Å². The summed E-state index contributed by atoms with van der Waals surface area (Å²) >= 11 is 0. The predicted molar refractivity (Wildman–Crippen MR) is 91.4 cm³/mol. The average Bonchev–Trinajstić information content (AvgIpc) is 3.08. The molecule has 0 aromatic carbocycles. The zero-order chi connectivity index (χ0) is 16.3. The first-order chi connectivity index (χ1) is 11.0. The van der Waals surface area contributed by atoms with Gasteiger partial charge in [-0.25, -0.2) is 4.98 Å². The van der Waals surface area contributed by atoms with Crippen LogP contribution >= 0.6 is 0 Å². The van der Waals surface area contributed by atoms with E-state index in [-0.39, 0.29) is 0 Å². The van der Waals surface area contributed by atoms with Crippen molar-refractivity contribution in [2.45, 2.75) is 39.2 Å². The van der Waals surface area contributed by atoms with Crippen LogP contribution in [0.15, 0.2) is 18.3 Å². The number of nitrogens with one attached hydrogen (secondary N) is 1. The number of rotatable bonds is 5. The van der Waals surface area contributed by atoms with Crippen LogP contribution in [0.5, 0.6) is 0 Å². The van der Waals surface area contributed by atoms with Crippen LogP contribution < -0.4 is 9.62 Å². The lowest BCUT2D eigenvalue weighted by atomic mass is 10.0. The molecule has 7 heteroatoms. The van der Waals surface area contributed by atoms with Crippen molar-refractivity contribution in [2.24, 2.45) is 5.92 Å². The van der Waals surface area contributed by atoms with E-state index in [0.29, 0.717) is 25.6 Å². The van der Waals surface area contributed by atoms with Gasteiger partial charge in [-0.2, -0.15) is 17.4 Å². The second kappa shape index (κ2) is 7.15. The first-order valence-electron chi connectivity index (χ1n) is 8.49. The Morgan fingerprint density at radius 1 is 1.22 bits per heavy atom. The summed E-state index contributed by atoms with van der Waals surface area (Å²) in [6.45, 7) is 5.74. The van der Waals surface area contributed by atoms with Crippen LogP contribution in [0.3, 0.4) is 0 Å². The molecule has 128 valence electrons. The maximum Gasteiger partial charge on any atom is 0.279 e. The summed E-state index contributed by atoms with van der Waals surface area (Å²) in [5.74, 6) is 1.42. The van der Waals surface area contributed by atoms with Crippen molar-refractivity contribution in [3.63, 3.8) is 0 Å². The zero-order valence-electron chi connectivity index (χ0n) is 13.7. The fourth-order valence-corrected chi connectivity index (χ4v) is 4.64. The van der Waals surface area contributed by atoms with Gasteiger partial charge in [0.15, 0.2) is 0 Å². The Bertz CT molecular complexity index is 611. The molecule has 1 aromatic heterocycles. The Labute approximate surface area is 139 Å². The van der Waals surface area contributed by atoms with Gasteiger partial charge < -0.3 is 4.90 Å². The van der Waals surface area contributed by atoms with Gasteiger partial charge in [0.05, 0.1) is 0 Å². The van der Waals surface area contributed by atoms with Gasteiger partial charge in [0.25, 0.3) is 10.2 Å². The van der Waals surface area contributed by atoms with E-state index in [1.165, 1.54) is 12.8 Å². The average molecular weight is 338 g/mol. The minimum atomic E-state index is -3.40. The van der Waals surface area contributed by atoms with Gasteiger partial charge in [0, 0.05) is 38.9 Å². The summed E-state index contributed by atoms with van der Waals surface area (Å²) in [6.07, 6.45) is 6.26. The SMILES string of the molecule is C[C@@H]1CCCN(S(=O)(=O)NCc2ccc(N3CCCC3)nc2)C1. The van der Waals surface area contributed by atoms with Gasteiger partial charge in [0.1, 0.15) is 5.82 Å². The largest absolute Gasteiger partial charge is 0.357 e. The Kier molecular flexibility index (Phi) is 5.18. The standard InChI is InChI=1S/C16H26N4O2S/c1-14-5-4-10-20(13-14)23(21,22)18-12-15-6-7-16(17-11-15)19-8-2-3-9-19/h6-7,11,14,18H,2-5,8-10,12-13H2,1H3/t14-/m1/s1. The van der Waals surface area contributed by atoms with E-state index in [0.717, 1.165) is 37.3 Å². The molecule has 0 spiro atoms. The van der Waals surface area contributed by atoms with Crippen LogP contribution in [0.25, 0.3) is 0 Å². The molecule has 1 aromatic rings. The van der Waals surface area contributed by atoms with E-state index >= 15 is 0 Å². The number of anilines is 1. The van der Waals surface area contributed by atoms with Crippen molar-refractivity contribution in [3.8, 4) is 0 Å². The molecular weight excluding hydrogens is 312 g/mol. The lowest BCUT2D eigenvalue weighted by Gasteiger charge is -2.30. The first-order valence-corrected chi connectivity index (χ1v) is 9.93. The Balaban J connectivity index is 1.56. The van der Waals surface area contributed by atoms with Gasteiger partial charge >= 0.3 is 0 Å². The van der Waals surface area contributed by atoms with E-state index in [1.54, 1.807) is 10.5 Å². The van der Waals surface area contributed by atoms with E-state index < -0.39 is 10.2 Å². The minimum Gasteiger partial charge on any atom is -0.357 e. The van der Waals surface area contributed by atoms with Crippen molar-refractivity contribution in [3.05, 3.63) is 23.9 Å². The predicted octanol–water partition coefficient (Wildman–Crippen LogP) is 1.75. The first kappa shape index (κ1) is 16.7. The molecule has 23 heavy (non-hydrogen) atoms. The number of pyridine rings is 1. The van der Waals surface area contributed by atoms with Crippen molar-refractivity contribution in [2.75, 3.05) is 31.1 Å². The van der Waals surface area contributed by atoms with E-state index in [2.05, 4.69) is 21.5 Å². The van der Waals surface area contributed by atoms with Crippen LogP contribution in [0.4, 0.5) is 5.82 Å². The lowest BCUT2D eigenvalue weighted by Crippen LogP contribution is -2.45. The summed E-state index contributed by atoms with van der Waals surface area (Å²) in [5.41, 5.74) is 0.890. The van der Waals surface area contributed by atoms with Crippen LogP contribution in [0, 0.1) is 5.92 Å². The molecule has 2 aliphatic heterocycles. The molecule has 0 saturated carbocycles. The molecule has 0 radical (unpaired) electrons. The maximum atomic E-state index is 12.4. The molecule has 0 unspecified atom stereocenters. The van der Waals surface area contributed by atoms with Crippen LogP contribution in [-0.2, 0) is 16.8 Å². The molecule has 0 amide bonds. The Morgan fingerprint density at radius 3 is 2.65 bits per heavy atom. The molecule has 3 rings (SSSR count). The summed E-state index contributed by atoms with van der Waals surface area (Å²) in [6, 6.07) is 3.94. The zero-order valence-corrected chi connectivity index (χ0v) is 14.6. The van der Waals surface area contributed by atoms with Crippen molar-refractivity contribution < 1.29 is 8.42 Å². The van der Waals surface area contributed by atoms with Crippen LogP contribution in [-0.4, -0.2) is 43.9 Å². The molecule has 1 N–H and O–H groups in total. The normalized spacial score (nSPS) is 23.3. The van der Waals surface area contributed by atoms with E-state index in [1.807, 2.05) is 12.1 Å². The fraction of sp³-hybridized carbons (Fsp3) is 0.688. The molecule has 2 saturated heterocycles. The minimum absolute atomic E-state index is 0.292. The summed E-state index contributed by atoms with van der Waals surface area (Å²) in [7, 11) is -3.40. The second-order valence-corrected chi connectivity index (χ2v) is 8.41. The molecule has 2 aliphatic rings. The number of hydrogen-bond donors (Lipinski definition) is 1. The quantitative estimate of drug-likeness (QED) is 0.888. The molecular formula is C16H26N4O2S. The highest BCUT2D eigenvalue weighted by Crippen LogP contribution is 2.19. The van der Waals surface area contributed by atoms with Crippen LogP contribution in [0.1, 0.15) is 38.2 Å². The monoisotopic (exact) mass is 338 g/mol. The third-order valence-corrected chi connectivity index (χ3v) is 6.18. The van der Waals surface area contributed by atoms with Gasteiger partial charge in [-0.3, -0.25) is 0 Å². The summed E-state index contributed by atoms with van der Waals surface area (Å²) < 4.78 is 29.0. The summed E-state index contributed by atoms with van der Waals surface area (Å²) in [5, 5.41) is 0. The van der Waals surface area contributed by atoms with Crippen molar-refractivity contribution in [1.82, 2.24) is 14.0 Å². The molecule has 0 aliphatic carbocycles. The highest BCUT2D eigenvalue weighted by atomic mass is 32.2. The molecule has 1 atom stereocenters. The topological polar surface area (TPSA) is 65.5 Å². The third-order valence-electron chi connectivity index (χ3n) is 4.66. The van der Waals surface area contributed by atoms with Gasteiger partial charge in [0.2, 0.25) is 0 Å². The van der Waals surface area contributed by atoms with Gasteiger partial charge in [-0.05, 0) is 43.2 Å². The van der Waals surface area contributed by atoms with E-state index in [9.17, 15) is 8.42 Å². The van der Waals surface area contributed by atoms with E-state index in [4.69, 9.17) is 0 Å². The number of piperidine rings is 1. The molecule has 3 heterocycles. The number of aromatic nitrogens is 1. The Hall–Kier alpha value is -1.18. The third kappa shape index (κ3) is 4.22. The lowest BCUT2D eigenvalue weighted by molar-refractivity contribution is 0.278. The van der Waals surface area contributed by atoms with Gasteiger partial charge in [-0.1, -0.05) is 13.0 Å². The summed E-state index contributed by atoms with van der Waals surface area (Å²) in [4.78, 5) is 6.73. The fourth-order valence-electron chi connectivity index (χ4n) is 3.28.